The molecule has 1 saturated heterocycles. The molecular weight excluding hydrogens is 387 g/mol. The van der Waals surface area contributed by atoms with Gasteiger partial charge < -0.3 is 20.1 Å². The van der Waals surface area contributed by atoms with Gasteiger partial charge in [-0.2, -0.15) is 0 Å². The minimum Gasteiger partial charge on any atom is -0.478 e. The average molecular weight is 408 g/mol. The van der Waals surface area contributed by atoms with Crippen LogP contribution in [-0.4, -0.2) is 47.3 Å². The second-order valence-corrected chi connectivity index (χ2v) is 7.09. The van der Waals surface area contributed by atoms with Crippen LogP contribution in [0.2, 0.25) is 0 Å². The van der Waals surface area contributed by atoms with Crippen LogP contribution in [0.1, 0.15) is 21.5 Å². The van der Waals surface area contributed by atoms with Gasteiger partial charge in [-0.1, -0.05) is 12.6 Å². The number of aromatic carboxylic acids is 1. The van der Waals surface area contributed by atoms with Crippen LogP contribution >= 0.6 is 0 Å². The molecule has 30 heavy (non-hydrogen) atoms. The van der Waals surface area contributed by atoms with E-state index in [2.05, 4.69) is 21.8 Å². The number of anilines is 2. The SMILES string of the molecule is C=C(Nc1ccc(C)c(F)c1)c1cc(C(=O)O)cc2ncc(N3CCOCC3)nc12. The summed E-state index contributed by atoms with van der Waals surface area (Å²) in [6.07, 6.45) is 1.63. The quantitative estimate of drug-likeness (QED) is 0.666. The van der Waals surface area contributed by atoms with Gasteiger partial charge >= 0.3 is 5.97 Å². The Balaban J connectivity index is 1.77. The molecule has 4 rings (SSSR count). The van der Waals surface area contributed by atoms with Gasteiger partial charge in [0.25, 0.3) is 0 Å². The number of hydrogen-bond acceptors (Lipinski definition) is 6. The Labute approximate surface area is 172 Å². The number of carboxylic acids is 1. The highest BCUT2D eigenvalue weighted by molar-refractivity contribution is 5.99. The van der Waals surface area contributed by atoms with E-state index in [0.29, 0.717) is 65.7 Å². The summed E-state index contributed by atoms with van der Waals surface area (Å²) in [4.78, 5) is 22.8. The Kier molecular flexibility index (Phi) is 5.33. The first kappa shape index (κ1) is 19.8. The lowest BCUT2D eigenvalue weighted by Crippen LogP contribution is -2.36. The van der Waals surface area contributed by atoms with Crippen molar-refractivity contribution in [2.45, 2.75) is 6.92 Å². The Morgan fingerprint density at radius 3 is 2.73 bits per heavy atom. The number of aromatic nitrogens is 2. The molecule has 8 heteroatoms. The van der Waals surface area contributed by atoms with Gasteiger partial charge in [0.2, 0.25) is 0 Å². The number of benzene rings is 2. The van der Waals surface area contributed by atoms with Crippen LogP contribution in [0.4, 0.5) is 15.9 Å². The number of ether oxygens (including phenoxy) is 1. The molecule has 1 aliphatic heterocycles. The van der Waals surface area contributed by atoms with Crippen molar-refractivity contribution in [2.75, 3.05) is 36.5 Å². The van der Waals surface area contributed by atoms with E-state index in [0.717, 1.165) is 0 Å². The minimum atomic E-state index is -1.08. The van der Waals surface area contributed by atoms with Gasteiger partial charge in [0, 0.05) is 30.0 Å². The van der Waals surface area contributed by atoms with E-state index in [9.17, 15) is 14.3 Å². The lowest BCUT2D eigenvalue weighted by atomic mass is 10.1. The highest BCUT2D eigenvalue weighted by Crippen LogP contribution is 2.28. The summed E-state index contributed by atoms with van der Waals surface area (Å²) < 4.78 is 19.3. The van der Waals surface area contributed by atoms with Crippen molar-refractivity contribution < 1.29 is 19.0 Å². The van der Waals surface area contributed by atoms with Gasteiger partial charge in [0.1, 0.15) is 17.2 Å². The van der Waals surface area contributed by atoms with Crippen LogP contribution in [0.15, 0.2) is 43.1 Å². The maximum Gasteiger partial charge on any atom is 0.335 e. The minimum absolute atomic E-state index is 0.0731. The van der Waals surface area contributed by atoms with Crippen LogP contribution in [0, 0.1) is 12.7 Å². The van der Waals surface area contributed by atoms with Crippen molar-refractivity contribution in [1.29, 1.82) is 0 Å². The molecule has 1 fully saturated rings. The number of nitrogens with zero attached hydrogens (tertiary/aromatic N) is 3. The number of aryl methyl sites for hydroxylation is 1. The third-order valence-electron chi connectivity index (χ3n) is 5.01. The molecule has 0 bridgehead atoms. The number of halogens is 1. The number of rotatable bonds is 5. The van der Waals surface area contributed by atoms with E-state index in [1.165, 1.54) is 18.2 Å². The first-order valence-electron chi connectivity index (χ1n) is 9.51. The molecule has 154 valence electrons. The zero-order chi connectivity index (χ0) is 21.3. The van der Waals surface area contributed by atoms with E-state index >= 15 is 0 Å². The van der Waals surface area contributed by atoms with Crippen LogP contribution in [0.3, 0.4) is 0 Å². The van der Waals surface area contributed by atoms with E-state index in [-0.39, 0.29) is 11.4 Å². The molecule has 2 N–H and O–H groups in total. The van der Waals surface area contributed by atoms with E-state index in [1.807, 2.05) is 0 Å². The average Bonchev–Trinajstić information content (AvgIpc) is 2.75. The van der Waals surface area contributed by atoms with Crippen molar-refractivity contribution in [2.24, 2.45) is 0 Å². The zero-order valence-electron chi connectivity index (χ0n) is 16.5. The second kappa shape index (κ2) is 8.08. The Morgan fingerprint density at radius 1 is 1.27 bits per heavy atom. The lowest BCUT2D eigenvalue weighted by molar-refractivity contribution is 0.0697. The predicted octanol–water partition coefficient (Wildman–Crippen LogP) is 3.69. The van der Waals surface area contributed by atoms with Gasteiger partial charge in [0.15, 0.2) is 0 Å². The van der Waals surface area contributed by atoms with Gasteiger partial charge in [-0.25, -0.2) is 14.2 Å². The summed E-state index contributed by atoms with van der Waals surface area (Å²) in [5, 5.41) is 12.6. The highest BCUT2D eigenvalue weighted by atomic mass is 19.1. The number of morpholine rings is 1. The van der Waals surface area contributed by atoms with Crippen molar-refractivity contribution >= 4 is 34.2 Å². The summed E-state index contributed by atoms with van der Waals surface area (Å²) in [5.41, 5.74) is 2.98. The number of carboxylic acid groups (broad SMARTS) is 1. The fourth-order valence-electron chi connectivity index (χ4n) is 3.32. The Morgan fingerprint density at radius 2 is 2.03 bits per heavy atom. The predicted molar refractivity (Wildman–Crippen MR) is 113 cm³/mol. The first-order valence-corrected chi connectivity index (χ1v) is 9.51. The van der Waals surface area contributed by atoms with Gasteiger partial charge in [0.05, 0.1) is 30.5 Å². The number of carbonyl (C=O) groups is 1. The molecular formula is C22H21FN4O3. The number of fused-ring (bicyclic) bond motifs is 1. The normalized spacial score (nSPS) is 14.0. The van der Waals surface area contributed by atoms with Crippen molar-refractivity contribution in [3.63, 3.8) is 0 Å². The monoisotopic (exact) mass is 408 g/mol. The molecule has 1 aliphatic rings. The molecule has 0 spiro atoms. The molecule has 1 aromatic heterocycles. The largest absolute Gasteiger partial charge is 0.478 e. The zero-order valence-corrected chi connectivity index (χ0v) is 16.5. The number of hydrogen-bond donors (Lipinski definition) is 2. The van der Waals surface area contributed by atoms with Gasteiger partial charge in [-0.15, -0.1) is 0 Å². The van der Waals surface area contributed by atoms with Crippen LogP contribution in [-0.2, 0) is 4.74 Å². The molecule has 0 atom stereocenters. The van der Waals surface area contributed by atoms with Crippen LogP contribution in [0.25, 0.3) is 16.7 Å². The van der Waals surface area contributed by atoms with Crippen LogP contribution < -0.4 is 10.2 Å². The van der Waals surface area contributed by atoms with E-state index in [4.69, 9.17) is 9.72 Å². The molecule has 0 aliphatic carbocycles. The van der Waals surface area contributed by atoms with Crippen molar-refractivity contribution in [3.05, 3.63) is 65.6 Å². The lowest BCUT2D eigenvalue weighted by Gasteiger charge is -2.27. The summed E-state index contributed by atoms with van der Waals surface area (Å²) in [7, 11) is 0. The summed E-state index contributed by atoms with van der Waals surface area (Å²) in [5.74, 6) is -0.734. The molecule has 2 heterocycles. The molecule has 2 aromatic carbocycles. The fourth-order valence-corrected chi connectivity index (χ4v) is 3.32. The third-order valence-corrected chi connectivity index (χ3v) is 5.01. The highest BCUT2D eigenvalue weighted by Gasteiger charge is 2.18. The Bertz CT molecular complexity index is 1140. The maximum atomic E-state index is 13.9. The van der Waals surface area contributed by atoms with Crippen LogP contribution in [0.5, 0.6) is 0 Å². The fraction of sp³-hybridized carbons (Fsp3) is 0.227. The van der Waals surface area contributed by atoms with E-state index in [1.54, 1.807) is 25.3 Å². The summed E-state index contributed by atoms with van der Waals surface area (Å²) in [6.45, 7) is 8.33. The summed E-state index contributed by atoms with van der Waals surface area (Å²) in [6, 6.07) is 7.75. The molecule has 0 unspecified atom stereocenters. The standard InChI is InChI=1S/C22H21FN4O3/c1-13-3-4-16(11-18(13)23)25-14(2)17-9-15(22(28)29)10-19-21(17)26-20(12-24-19)27-5-7-30-8-6-27/h3-4,9-12,25H,2,5-8H2,1H3,(H,28,29). The molecule has 0 amide bonds. The number of nitrogens with one attached hydrogen (secondary N) is 1. The Hall–Kier alpha value is -3.52. The van der Waals surface area contributed by atoms with Crippen molar-refractivity contribution in [1.82, 2.24) is 9.97 Å². The molecule has 7 nitrogen and oxygen atoms in total. The van der Waals surface area contributed by atoms with E-state index < -0.39 is 5.97 Å². The topological polar surface area (TPSA) is 87.6 Å². The first-order chi connectivity index (χ1) is 14.4. The van der Waals surface area contributed by atoms with Gasteiger partial charge in [-0.3, -0.25) is 4.98 Å². The van der Waals surface area contributed by atoms with Crippen molar-refractivity contribution in [3.8, 4) is 0 Å². The molecule has 0 saturated carbocycles. The second-order valence-electron chi connectivity index (χ2n) is 7.09. The molecule has 3 aromatic rings. The maximum absolute atomic E-state index is 13.9. The summed E-state index contributed by atoms with van der Waals surface area (Å²) >= 11 is 0. The van der Waals surface area contributed by atoms with Gasteiger partial charge in [-0.05, 0) is 36.8 Å². The molecule has 0 radical (unpaired) electrons. The smallest absolute Gasteiger partial charge is 0.335 e. The third kappa shape index (κ3) is 3.95.